The minimum atomic E-state index is -3.56. The van der Waals surface area contributed by atoms with Crippen LogP contribution in [0, 0.1) is 13.8 Å². The quantitative estimate of drug-likeness (QED) is 0.868. The first kappa shape index (κ1) is 14.1. The molecular formula is C13H15BrN2O2S. The number of nitrogens with zero attached hydrogens (tertiary/aromatic N) is 1. The van der Waals surface area contributed by atoms with Crippen LogP contribution in [0.2, 0.25) is 0 Å². The largest absolute Gasteiger partial charge is 0.275 e. The van der Waals surface area contributed by atoms with Gasteiger partial charge in [-0.15, -0.1) is 0 Å². The van der Waals surface area contributed by atoms with E-state index in [-0.39, 0.29) is 4.90 Å². The van der Waals surface area contributed by atoms with Gasteiger partial charge in [-0.2, -0.15) is 8.42 Å². The zero-order valence-corrected chi connectivity index (χ0v) is 13.1. The molecule has 0 atom stereocenters. The number of benzene rings is 1. The van der Waals surface area contributed by atoms with E-state index in [4.69, 9.17) is 0 Å². The second-order valence-electron chi connectivity index (χ2n) is 4.32. The molecule has 1 aromatic carbocycles. The highest BCUT2D eigenvalue weighted by atomic mass is 79.9. The third-order valence-corrected chi connectivity index (χ3v) is 4.83. The van der Waals surface area contributed by atoms with Gasteiger partial charge in [-0.25, -0.2) is 4.83 Å². The fourth-order valence-corrected chi connectivity index (χ4v) is 3.24. The Morgan fingerprint density at radius 3 is 2.05 bits per heavy atom. The van der Waals surface area contributed by atoms with Gasteiger partial charge < -0.3 is 0 Å². The lowest BCUT2D eigenvalue weighted by molar-refractivity contribution is 0.594. The molecule has 0 bridgehead atoms. The molecule has 1 aromatic heterocycles. The standard InChI is InChI=1S/C13H15BrN2O2S/c1-10-3-4-11(2)16(10)15-19(17,18)13-7-5-12(9-14)6-8-13/h3-8,15H,9H2,1-2H3. The molecule has 102 valence electrons. The summed E-state index contributed by atoms with van der Waals surface area (Å²) in [5, 5.41) is 0.705. The van der Waals surface area contributed by atoms with Crippen molar-refractivity contribution in [3.8, 4) is 0 Å². The van der Waals surface area contributed by atoms with Gasteiger partial charge in [0, 0.05) is 16.7 Å². The Bertz CT molecular complexity index is 656. The zero-order chi connectivity index (χ0) is 14.0. The molecule has 19 heavy (non-hydrogen) atoms. The lowest BCUT2D eigenvalue weighted by atomic mass is 10.2. The fraction of sp³-hybridized carbons (Fsp3) is 0.231. The molecule has 1 heterocycles. The Morgan fingerprint density at radius 1 is 1.05 bits per heavy atom. The van der Waals surface area contributed by atoms with Gasteiger partial charge in [0.25, 0.3) is 10.0 Å². The van der Waals surface area contributed by atoms with Gasteiger partial charge in [0.2, 0.25) is 0 Å². The van der Waals surface area contributed by atoms with Crippen LogP contribution in [0.4, 0.5) is 0 Å². The summed E-state index contributed by atoms with van der Waals surface area (Å²) in [7, 11) is -3.56. The molecule has 2 aromatic rings. The van der Waals surface area contributed by atoms with Crippen molar-refractivity contribution in [2.45, 2.75) is 24.1 Å². The number of aromatic nitrogens is 1. The predicted molar refractivity (Wildman–Crippen MR) is 79.5 cm³/mol. The summed E-state index contributed by atoms with van der Waals surface area (Å²) in [6.07, 6.45) is 0. The Balaban J connectivity index is 2.32. The summed E-state index contributed by atoms with van der Waals surface area (Å²) in [6, 6.07) is 10.5. The van der Waals surface area contributed by atoms with Crippen LogP contribution in [0.25, 0.3) is 0 Å². The van der Waals surface area contributed by atoms with E-state index in [0.29, 0.717) is 5.33 Å². The van der Waals surface area contributed by atoms with Gasteiger partial charge in [-0.05, 0) is 43.7 Å². The Labute approximate surface area is 121 Å². The number of rotatable bonds is 4. The van der Waals surface area contributed by atoms with Gasteiger partial charge in [0.15, 0.2) is 0 Å². The molecule has 1 N–H and O–H groups in total. The van der Waals surface area contributed by atoms with Crippen LogP contribution < -0.4 is 4.83 Å². The smallest absolute Gasteiger partial charge is 0.256 e. The molecule has 2 rings (SSSR count). The Hall–Kier alpha value is -1.27. The van der Waals surface area contributed by atoms with Crippen molar-refractivity contribution < 1.29 is 8.42 Å². The highest BCUT2D eigenvalue weighted by molar-refractivity contribution is 9.08. The van der Waals surface area contributed by atoms with Gasteiger partial charge in [0.1, 0.15) is 0 Å². The first-order valence-electron chi connectivity index (χ1n) is 5.77. The lowest BCUT2D eigenvalue weighted by Gasteiger charge is -2.13. The Morgan fingerprint density at radius 2 is 1.58 bits per heavy atom. The van der Waals surface area contributed by atoms with Gasteiger partial charge in [-0.1, -0.05) is 28.1 Å². The third-order valence-electron chi connectivity index (χ3n) is 2.87. The summed E-state index contributed by atoms with van der Waals surface area (Å²) in [5.41, 5.74) is 2.73. The first-order chi connectivity index (χ1) is 8.94. The van der Waals surface area contributed by atoms with Crippen molar-refractivity contribution in [2.24, 2.45) is 0 Å². The molecule has 0 unspecified atom stereocenters. The van der Waals surface area contributed by atoms with Gasteiger partial charge in [-0.3, -0.25) is 4.68 Å². The van der Waals surface area contributed by atoms with E-state index in [2.05, 4.69) is 20.8 Å². The second-order valence-corrected chi connectivity index (χ2v) is 6.55. The SMILES string of the molecule is Cc1ccc(C)n1NS(=O)(=O)c1ccc(CBr)cc1. The van der Waals surface area contributed by atoms with Crippen molar-refractivity contribution in [1.82, 2.24) is 4.68 Å². The van der Waals surface area contributed by atoms with Crippen LogP contribution in [-0.2, 0) is 15.4 Å². The van der Waals surface area contributed by atoms with E-state index in [1.165, 1.54) is 0 Å². The van der Waals surface area contributed by atoms with Crippen LogP contribution in [0.1, 0.15) is 17.0 Å². The molecule has 0 radical (unpaired) electrons. The topological polar surface area (TPSA) is 51.1 Å². The van der Waals surface area contributed by atoms with E-state index in [1.807, 2.05) is 26.0 Å². The Kier molecular flexibility index (Phi) is 4.01. The maximum Gasteiger partial charge on any atom is 0.275 e. The van der Waals surface area contributed by atoms with Crippen molar-refractivity contribution in [3.05, 3.63) is 53.3 Å². The highest BCUT2D eigenvalue weighted by Crippen LogP contribution is 2.14. The minimum Gasteiger partial charge on any atom is -0.256 e. The van der Waals surface area contributed by atoms with Crippen molar-refractivity contribution in [3.63, 3.8) is 0 Å². The van der Waals surface area contributed by atoms with Crippen LogP contribution in [-0.4, -0.2) is 13.1 Å². The summed E-state index contributed by atoms with van der Waals surface area (Å²) in [5.74, 6) is 0. The van der Waals surface area contributed by atoms with Crippen LogP contribution in [0.3, 0.4) is 0 Å². The fourth-order valence-electron chi connectivity index (χ4n) is 1.74. The molecule has 0 aliphatic carbocycles. The molecule has 0 saturated heterocycles. The molecule has 0 spiro atoms. The molecular weight excluding hydrogens is 328 g/mol. The molecule has 0 aliphatic heterocycles. The van der Waals surface area contributed by atoms with Crippen LogP contribution in [0.5, 0.6) is 0 Å². The maximum absolute atomic E-state index is 12.3. The van der Waals surface area contributed by atoms with E-state index in [0.717, 1.165) is 17.0 Å². The average molecular weight is 343 g/mol. The number of nitrogens with one attached hydrogen (secondary N) is 1. The molecule has 6 heteroatoms. The number of halogens is 1. The lowest BCUT2D eigenvalue weighted by Crippen LogP contribution is -2.25. The van der Waals surface area contributed by atoms with Gasteiger partial charge in [0.05, 0.1) is 4.90 Å². The summed E-state index contributed by atoms with van der Waals surface area (Å²) in [4.78, 5) is 2.82. The second kappa shape index (κ2) is 5.38. The minimum absolute atomic E-state index is 0.254. The van der Waals surface area contributed by atoms with E-state index < -0.39 is 10.0 Å². The predicted octanol–water partition coefficient (Wildman–Crippen LogP) is 2.93. The van der Waals surface area contributed by atoms with Crippen LogP contribution >= 0.6 is 15.9 Å². The average Bonchev–Trinajstić information content (AvgIpc) is 2.70. The molecule has 0 amide bonds. The number of hydrogen-bond donors (Lipinski definition) is 1. The highest BCUT2D eigenvalue weighted by Gasteiger charge is 2.15. The maximum atomic E-state index is 12.3. The number of alkyl halides is 1. The van der Waals surface area contributed by atoms with Crippen molar-refractivity contribution in [1.29, 1.82) is 0 Å². The zero-order valence-electron chi connectivity index (χ0n) is 10.7. The summed E-state index contributed by atoms with van der Waals surface area (Å²) >= 11 is 3.33. The van der Waals surface area contributed by atoms with Crippen molar-refractivity contribution in [2.75, 3.05) is 4.83 Å². The first-order valence-corrected chi connectivity index (χ1v) is 8.37. The van der Waals surface area contributed by atoms with E-state index in [1.54, 1.807) is 28.9 Å². The number of sulfonamides is 1. The van der Waals surface area contributed by atoms with Crippen LogP contribution in [0.15, 0.2) is 41.3 Å². The summed E-state index contributed by atoms with van der Waals surface area (Å²) < 4.78 is 26.1. The number of hydrogen-bond acceptors (Lipinski definition) is 2. The normalized spacial score (nSPS) is 11.5. The van der Waals surface area contributed by atoms with E-state index in [9.17, 15) is 8.42 Å². The summed E-state index contributed by atoms with van der Waals surface area (Å²) in [6.45, 7) is 3.70. The third kappa shape index (κ3) is 3.01. The van der Waals surface area contributed by atoms with Gasteiger partial charge >= 0.3 is 0 Å². The number of aryl methyl sites for hydroxylation is 2. The van der Waals surface area contributed by atoms with Crippen molar-refractivity contribution >= 4 is 26.0 Å². The molecule has 0 saturated carbocycles. The monoisotopic (exact) mass is 342 g/mol. The molecule has 4 nitrogen and oxygen atoms in total. The molecule has 0 fully saturated rings. The van der Waals surface area contributed by atoms with E-state index >= 15 is 0 Å². The molecule has 0 aliphatic rings.